The number of carbonyl (C=O) groups excluding carboxylic acids is 3. The largest absolute Gasteiger partial charge is 0.374 e. The maximum absolute atomic E-state index is 14.2. The van der Waals surface area contributed by atoms with Crippen LogP contribution >= 0.6 is 0 Å². The van der Waals surface area contributed by atoms with Gasteiger partial charge < -0.3 is 30.6 Å². The second kappa shape index (κ2) is 16.8. The van der Waals surface area contributed by atoms with Gasteiger partial charge >= 0.3 is 0 Å². The van der Waals surface area contributed by atoms with Crippen molar-refractivity contribution in [3.63, 3.8) is 0 Å². The van der Waals surface area contributed by atoms with E-state index in [0.717, 1.165) is 36.8 Å². The van der Waals surface area contributed by atoms with Crippen LogP contribution in [0.3, 0.4) is 0 Å². The molecule has 1 saturated heterocycles. The highest BCUT2D eigenvalue weighted by Crippen LogP contribution is 2.28. The predicted molar refractivity (Wildman–Crippen MR) is 203 cm³/mol. The molecule has 1 fully saturated rings. The molecule has 1 unspecified atom stereocenters. The molecule has 1 aromatic heterocycles. The number of fused-ring (bicyclic) bond motifs is 1. The van der Waals surface area contributed by atoms with Crippen molar-refractivity contribution in [1.29, 1.82) is 0 Å². The van der Waals surface area contributed by atoms with E-state index in [1.165, 1.54) is 16.3 Å². The van der Waals surface area contributed by atoms with Crippen LogP contribution in [-0.2, 0) is 32.1 Å². The third-order valence-corrected chi connectivity index (χ3v) is 9.68. The fourth-order valence-corrected chi connectivity index (χ4v) is 6.61. The summed E-state index contributed by atoms with van der Waals surface area (Å²) in [5.41, 5.74) is 7.92. The number of ether oxygens (including phenoxy) is 1. The van der Waals surface area contributed by atoms with E-state index in [9.17, 15) is 14.4 Å². The van der Waals surface area contributed by atoms with Crippen molar-refractivity contribution < 1.29 is 19.1 Å². The van der Waals surface area contributed by atoms with E-state index in [4.69, 9.17) is 10.5 Å². The summed E-state index contributed by atoms with van der Waals surface area (Å²) in [5, 5.41) is 8.04. The monoisotopic (exact) mass is 700 g/mol. The molecular formula is C42H48N6O4. The Balaban J connectivity index is 1.09. The van der Waals surface area contributed by atoms with E-state index >= 15 is 0 Å². The van der Waals surface area contributed by atoms with Crippen LogP contribution in [0.15, 0.2) is 116 Å². The van der Waals surface area contributed by atoms with Gasteiger partial charge in [-0.05, 0) is 72.9 Å². The lowest BCUT2D eigenvalue weighted by molar-refractivity contribution is -0.135. The minimum absolute atomic E-state index is 0.0147. The lowest BCUT2D eigenvalue weighted by atomic mass is 9.89. The number of nitrogens with two attached hydrogens (primary N) is 1. The summed E-state index contributed by atoms with van der Waals surface area (Å²) in [6, 6.07) is 32.6. The van der Waals surface area contributed by atoms with Crippen LogP contribution in [0.5, 0.6) is 0 Å². The minimum atomic E-state index is -1.20. The Morgan fingerprint density at radius 2 is 1.56 bits per heavy atom. The number of imidazole rings is 1. The molecule has 0 saturated carbocycles. The van der Waals surface area contributed by atoms with Gasteiger partial charge in [-0.25, -0.2) is 4.98 Å². The van der Waals surface area contributed by atoms with Crippen LogP contribution < -0.4 is 16.4 Å². The molecular weight excluding hydrogens is 652 g/mol. The van der Waals surface area contributed by atoms with Gasteiger partial charge in [-0.2, -0.15) is 0 Å². The fraction of sp³-hybridized carbons (Fsp3) is 0.333. The van der Waals surface area contributed by atoms with Crippen molar-refractivity contribution in [3.8, 4) is 0 Å². The SMILES string of the molecule is CC(C)(N)C(=O)N[C@H](COCc1ccccc1)C(=O)Nc1cn(C(C(=O)N2CCC(CCc3ccc4ccccc4c3)CC2)c2ccccc2)cn1. The summed E-state index contributed by atoms with van der Waals surface area (Å²) in [4.78, 5) is 46.9. The van der Waals surface area contributed by atoms with Gasteiger partial charge in [0.2, 0.25) is 11.8 Å². The molecule has 0 spiro atoms. The van der Waals surface area contributed by atoms with E-state index in [1.54, 1.807) is 30.9 Å². The van der Waals surface area contributed by atoms with Gasteiger partial charge in [0.05, 0.1) is 25.1 Å². The molecule has 10 nitrogen and oxygen atoms in total. The number of nitrogens with zero attached hydrogens (tertiary/aromatic N) is 3. The van der Waals surface area contributed by atoms with Crippen molar-refractivity contribution in [2.24, 2.45) is 11.7 Å². The molecule has 4 N–H and O–H groups in total. The number of piperidine rings is 1. The average molecular weight is 701 g/mol. The Labute approximate surface area is 305 Å². The third kappa shape index (κ3) is 9.51. The molecule has 10 heteroatoms. The van der Waals surface area contributed by atoms with Crippen LogP contribution in [0.2, 0.25) is 0 Å². The van der Waals surface area contributed by atoms with Crippen LogP contribution in [0.4, 0.5) is 5.82 Å². The number of likely N-dealkylation sites (tertiary alicyclic amines) is 1. The zero-order valence-electron chi connectivity index (χ0n) is 29.9. The Morgan fingerprint density at radius 3 is 2.27 bits per heavy atom. The molecule has 0 radical (unpaired) electrons. The Bertz CT molecular complexity index is 1950. The van der Waals surface area contributed by atoms with Gasteiger partial charge in [-0.1, -0.05) is 103 Å². The quantitative estimate of drug-likeness (QED) is 0.133. The van der Waals surface area contributed by atoms with Crippen LogP contribution in [-0.4, -0.2) is 63.4 Å². The molecule has 2 atom stereocenters. The molecule has 1 aliphatic heterocycles. The summed E-state index contributed by atoms with van der Waals surface area (Å²) in [7, 11) is 0. The number of hydrogen-bond donors (Lipinski definition) is 3. The lowest BCUT2D eigenvalue weighted by Crippen LogP contribution is -2.56. The summed E-state index contributed by atoms with van der Waals surface area (Å²) in [5.74, 6) is -0.215. The zero-order valence-corrected chi connectivity index (χ0v) is 29.9. The number of aromatic nitrogens is 2. The fourth-order valence-electron chi connectivity index (χ4n) is 6.61. The maximum atomic E-state index is 14.2. The topological polar surface area (TPSA) is 132 Å². The number of rotatable bonds is 14. The highest BCUT2D eigenvalue weighted by atomic mass is 16.5. The highest BCUT2D eigenvalue weighted by molar-refractivity contribution is 5.98. The van der Waals surface area contributed by atoms with Gasteiger partial charge in [0.25, 0.3) is 5.91 Å². The Kier molecular flexibility index (Phi) is 11.8. The number of anilines is 1. The summed E-state index contributed by atoms with van der Waals surface area (Å²) >= 11 is 0. The van der Waals surface area contributed by atoms with Crippen molar-refractivity contribution in [1.82, 2.24) is 19.8 Å². The summed E-state index contributed by atoms with van der Waals surface area (Å²) in [6.07, 6.45) is 7.22. The van der Waals surface area contributed by atoms with E-state index in [2.05, 4.69) is 58.1 Å². The molecule has 3 amide bonds. The van der Waals surface area contributed by atoms with Crippen molar-refractivity contribution in [2.75, 3.05) is 25.0 Å². The van der Waals surface area contributed by atoms with Gasteiger partial charge in [0.15, 0.2) is 5.82 Å². The molecule has 1 aliphatic rings. The molecule has 2 heterocycles. The lowest BCUT2D eigenvalue weighted by Gasteiger charge is -2.34. The highest BCUT2D eigenvalue weighted by Gasteiger charge is 2.32. The molecule has 0 aliphatic carbocycles. The first kappa shape index (κ1) is 36.5. The predicted octanol–water partition coefficient (Wildman–Crippen LogP) is 5.87. The second-order valence-corrected chi connectivity index (χ2v) is 14.2. The third-order valence-electron chi connectivity index (χ3n) is 9.68. The minimum Gasteiger partial charge on any atom is -0.374 e. The second-order valence-electron chi connectivity index (χ2n) is 14.2. The number of benzene rings is 4. The van der Waals surface area contributed by atoms with Crippen molar-refractivity contribution in [3.05, 3.63) is 132 Å². The van der Waals surface area contributed by atoms with Crippen LogP contribution in [0.25, 0.3) is 10.8 Å². The van der Waals surface area contributed by atoms with Crippen molar-refractivity contribution >= 4 is 34.3 Å². The number of aryl methyl sites for hydroxylation is 1. The van der Waals surface area contributed by atoms with E-state index in [-0.39, 0.29) is 24.9 Å². The molecule has 270 valence electrons. The normalized spacial score (nSPS) is 14.9. The van der Waals surface area contributed by atoms with Crippen LogP contribution in [0, 0.1) is 5.92 Å². The van der Waals surface area contributed by atoms with Crippen molar-refractivity contribution in [2.45, 2.75) is 63.8 Å². The Morgan fingerprint density at radius 1 is 0.885 bits per heavy atom. The molecule has 52 heavy (non-hydrogen) atoms. The molecule has 4 aromatic carbocycles. The standard InChI is InChI=1S/C42H48N6O4/c1-42(2,43)41(51)45-36(28-52-27-32-11-5-3-6-12-32)39(49)46-37-26-48(29-44-37)38(34-14-7-4-8-15-34)40(50)47-23-21-30(22-24-47)17-18-31-19-20-33-13-9-10-16-35(33)25-31/h3-16,19-20,25-26,29-30,36,38H,17-18,21-24,27-28,43H2,1-2H3,(H,45,51)(H,46,49)/t36-,38?/m1/s1. The van der Waals surface area contributed by atoms with Gasteiger partial charge in [-0.15, -0.1) is 0 Å². The number of hydrogen-bond acceptors (Lipinski definition) is 6. The smallest absolute Gasteiger partial charge is 0.250 e. The molecule has 5 aromatic rings. The van der Waals surface area contributed by atoms with E-state index in [0.29, 0.717) is 19.0 Å². The first-order chi connectivity index (χ1) is 25.1. The van der Waals surface area contributed by atoms with E-state index in [1.807, 2.05) is 65.6 Å². The number of amides is 3. The Hall–Kier alpha value is -5.32. The number of nitrogens with one attached hydrogen (secondary N) is 2. The summed E-state index contributed by atoms with van der Waals surface area (Å²) in [6.45, 7) is 4.70. The zero-order chi connectivity index (χ0) is 36.5. The average Bonchev–Trinajstić information content (AvgIpc) is 3.61. The molecule has 0 bridgehead atoms. The first-order valence-electron chi connectivity index (χ1n) is 18.0. The van der Waals surface area contributed by atoms with E-state index < -0.39 is 29.4 Å². The van der Waals surface area contributed by atoms with Crippen LogP contribution in [0.1, 0.15) is 55.8 Å². The van der Waals surface area contributed by atoms with Gasteiger partial charge in [0.1, 0.15) is 12.1 Å². The first-order valence-corrected chi connectivity index (χ1v) is 18.0. The van der Waals surface area contributed by atoms with Gasteiger partial charge in [0, 0.05) is 19.3 Å². The maximum Gasteiger partial charge on any atom is 0.250 e. The number of carbonyl (C=O) groups is 3. The summed E-state index contributed by atoms with van der Waals surface area (Å²) < 4.78 is 7.56. The van der Waals surface area contributed by atoms with Gasteiger partial charge in [-0.3, -0.25) is 14.4 Å². The molecule has 6 rings (SSSR count).